The fraction of sp³-hybridized carbons (Fsp3) is 0.400. The Morgan fingerprint density at radius 3 is 2.89 bits per heavy atom. The predicted molar refractivity (Wildman–Crippen MR) is 102 cm³/mol. The number of rotatable bonds is 6. The van der Waals surface area contributed by atoms with E-state index in [0.29, 0.717) is 50.5 Å². The minimum absolute atomic E-state index is 0.0593. The number of aromatic nitrogens is 4. The van der Waals surface area contributed by atoms with E-state index in [1.165, 1.54) is 0 Å². The van der Waals surface area contributed by atoms with Gasteiger partial charge in [-0.2, -0.15) is 4.52 Å². The molecule has 0 unspecified atom stereocenters. The molecule has 1 atom stereocenters. The van der Waals surface area contributed by atoms with Crippen molar-refractivity contribution in [2.24, 2.45) is 0 Å². The van der Waals surface area contributed by atoms with Gasteiger partial charge in [-0.3, -0.25) is 4.79 Å². The van der Waals surface area contributed by atoms with E-state index in [1.807, 2.05) is 41.3 Å². The zero-order valence-electron chi connectivity index (χ0n) is 15.8. The van der Waals surface area contributed by atoms with Crippen molar-refractivity contribution >= 4 is 11.6 Å². The number of ether oxygens (including phenoxy) is 2. The average Bonchev–Trinajstić information content (AvgIpc) is 3.16. The minimum Gasteiger partial charge on any atom is -0.480 e. The molecule has 3 heterocycles. The van der Waals surface area contributed by atoms with E-state index in [0.717, 1.165) is 11.4 Å². The summed E-state index contributed by atoms with van der Waals surface area (Å²) in [5, 5.41) is 12.6. The molecule has 1 saturated heterocycles. The van der Waals surface area contributed by atoms with E-state index >= 15 is 0 Å². The molecule has 0 aliphatic carbocycles. The van der Waals surface area contributed by atoms with E-state index < -0.39 is 0 Å². The van der Waals surface area contributed by atoms with Crippen LogP contribution >= 0.6 is 0 Å². The third-order valence-corrected chi connectivity index (χ3v) is 4.89. The highest BCUT2D eigenvalue weighted by molar-refractivity contribution is 5.76. The molecular weight excluding hydrogens is 358 g/mol. The summed E-state index contributed by atoms with van der Waals surface area (Å²) in [6.07, 6.45) is 1.71. The van der Waals surface area contributed by atoms with Crippen LogP contribution in [0.2, 0.25) is 0 Å². The molecule has 8 heteroatoms. The maximum absolute atomic E-state index is 12.7. The lowest BCUT2D eigenvalue weighted by Gasteiger charge is -2.33. The summed E-state index contributed by atoms with van der Waals surface area (Å²) in [4.78, 5) is 14.6. The van der Waals surface area contributed by atoms with Crippen LogP contribution in [0.15, 0.2) is 42.5 Å². The van der Waals surface area contributed by atoms with Crippen molar-refractivity contribution < 1.29 is 14.3 Å². The molecule has 1 aromatic carbocycles. The second-order valence-electron chi connectivity index (χ2n) is 6.73. The van der Waals surface area contributed by atoms with Gasteiger partial charge in [0.05, 0.1) is 20.3 Å². The Hall–Kier alpha value is -3.00. The van der Waals surface area contributed by atoms with E-state index in [-0.39, 0.29) is 12.0 Å². The van der Waals surface area contributed by atoms with E-state index in [1.54, 1.807) is 17.7 Å². The molecule has 1 aliphatic rings. The van der Waals surface area contributed by atoms with E-state index in [9.17, 15) is 4.79 Å². The minimum atomic E-state index is -0.0593. The summed E-state index contributed by atoms with van der Waals surface area (Å²) in [5.74, 6) is 1.37. The van der Waals surface area contributed by atoms with Crippen LogP contribution in [0.4, 0.5) is 0 Å². The number of methoxy groups -OCH3 is 1. The van der Waals surface area contributed by atoms with Crippen LogP contribution in [-0.2, 0) is 16.0 Å². The molecule has 0 radical (unpaired) electrons. The zero-order valence-corrected chi connectivity index (χ0v) is 15.8. The Bertz CT molecular complexity index is 943. The summed E-state index contributed by atoms with van der Waals surface area (Å²) in [5.41, 5.74) is 1.77. The molecule has 8 nitrogen and oxygen atoms in total. The van der Waals surface area contributed by atoms with Gasteiger partial charge in [-0.15, -0.1) is 15.3 Å². The van der Waals surface area contributed by atoms with Crippen molar-refractivity contribution in [3.63, 3.8) is 0 Å². The van der Waals surface area contributed by atoms with Crippen LogP contribution in [0.5, 0.6) is 5.88 Å². The van der Waals surface area contributed by atoms with E-state index in [2.05, 4.69) is 15.3 Å². The molecule has 0 saturated carbocycles. The summed E-state index contributed by atoms with van der Waals surface area (Å²) in [7, 11) is 1.57. The second-order valence-corrected chi connectivity index (χ2v) is 6.73. The van der Waals surface area contributed by atoms with Crippen molar-refractivity contribution in [1.29, 1.82) is 0 Å². The van der Waals surface area contributed by atoms with Crippen molar-refractivity contribution in [3.05, 3.63) is 53.9 Å². The maximum Gasteiger partial charge on any atom is 0.231 e. The number of benzene rings is 1. The van der Waals surface area contributed by atoms with Gasteiger partial charge in [0.15, 0.2) is 11.5 Å². The number of carbonyl (C=O) groups is 1. The average molecular weight is 381 g/mol. The maximum atomic E-state index is 12.7. The predicted octanol–water partition coefficient (Wildman–Crippen LogP) is 2.06. The van der Waals surface area contributed by atoms with E-state index in [4.69, 9.17) is 9.47 Å². The lowest BCUT2D eigenvalue weighted by molar-refractivity contribution is -0.139. The molecular formula is C20H23N5O3. The summed E-state index contributed by atoms with van der Waals surface area (Å²) in [6.45, 7) is 1.79. The molecule has 4 rings (SSSR count). The van der Waals surface area contributed by atoms with Crippen LogP contribution in [0.1, 0.15) is 30.3 Å². The van der Waals surface area contributed by atoms with Crippen molar-refractivity contribution in [3.8, 4) is 5.88 Å². The normalized spacial score (nSPS) is 17.0. The van der Waals surface area contributed by atoms with Crippen LogP contribution in [0, 0.1) is 0 Å². The van der Waals surface area contributed by atoms with Gasteiger partial charge in [0.1, 0.15) is 6.10 Å². The first-order valence-electron chi connectivity index (χ1n) is 9.44. The Kier molecular flexibility index (Phi) is 5.48. The van der Waals surface area contributed by atoms with Gasteiger partial charge in [-0.25, -0.2) is 0 Å². The summed E-state index contributed by atoms with van der Waals surface area (Å²) < 4.78 is 12.7. The van der Waals surface area contributed by atoms with Crippen LogP contribution in [0.3, 0.4) is 0 Å². The Morgan fingerprint density at radius 1 is 1.21 bits per heavy atom. The van der Waals surface area contributed by atoms with Gasteiger partial charge in [-0.05, 0) is 18.1 Å². The van der Waals surface area contributed by atoms with Gasteiger partial charge >= 0.3 is 0 Å². The Morgan fingerprint density at radius 2 is 2.07 bits per heavy atom. The van der Waals surface area contributed by atoms with Gasteiger partial charge in [0, 0.05) is 25.5 Å². The van der Waals surface area contributed by atoms with Crippen molar-refractivity contribution in [2.45, 2.75) is 25.4 Å². The number of fused-ring (bicyclic) bond motifs is 1. The topological polar surface area (TPSA) is 81.9 Å². The van der Waals surface area contributed by atoms with Crippen LogP contribution < -0.4 is 4.74 Å². The summed E-state index contributed by atoms with van der Waals surface area (Å²) >= 11 is 0. The number of hydrogen-bond donors (Lipinski definition) is 0. The first kappa shape index (κ1) is 18.4. The standard InChI is InChI=1S/C20H23N5O3/c1-27-19-11-10-18-22-21-17(25(18)23-19)8-5-9-20(26)24-12-13-28-16(14-24)15-6-3-2-4-7-15/h2-4,6-7,10-11,16H,5,8-9,12-14H2,1H3/t16-/m0/s1. The third kappa shape index (κ3) is 3.96. The Labute approximate surface area is 163 Å². The second kappa shape index (κ2) is 8.35. The van der Waals surface area contributed by atoms with Gasteiger partial charge in [0.2, 0.25) is 11.8 Å². The first-order valence-corrected chi connectivity index (χ1v) is 9.44. The van der Waals surface area contributed by atoms with Crippen molar-refractivity contribution in [1.82, 2.24) is 24.7 Å². The monoisotopic (exact) mass is 381 g/mol. The highest BCUT2D eigenvalue weighted by atomic mass is 16.5. The lowest BCUT2D eigenvalue weighted by atomic mass is 10.1. The SMILES string of the molecule is COc1ccc2nnc(CCCC(=O)N3CCO[C@H](c4ccccc4)C3)n2n1. The molecule has 28 heavy (non-hydrogen) atoms. The molecule has 0 N–H and O–H groups in total. The number of carbonyl (C=O) groups excluding carboxylic acids is 1. The summed E-state index contributed by atoms with van der Waals surface area (Å²) in [6, 6.07) is 13.6. The zero-order chi connectivity index (χ0) is 19.3. The van der Waals surface area contributed by atoms with Gasteiger partial charge < -0.3 is 14.4 Å². The van der Waals surface area contributed by atoms with Gasteiger partial charge in [0.25, 0.3) is 0 Å². The molecule has 146 valence electrons. The lowest BCUT2D eigenvalue weighted by Crippen LogP contribution is -2.42. The molecule has 2 aromatic heterocycles. The fourth-order valence-corrected chi connectivity index (χ4v) is 3.38. The van der Waals surface area contributed by atoms with Gasteiger partial charge in [-0.1, -0.05) is 30.3 Å². The highest BCUT2D eigenvalue weighted by Gasteiger charge is 2.25. The van der Waals surface area contributed by atoms with Crippen LogP contribution in [-0.4, -0.2) is 57.4 Å². The number of amides is 1. The smallest absolute Gasteiger partial charge is 0.231 e. The van der Waals surface area contributed by atoms with Crippen molar-refractivity contribution in [2.75, 3.05) is 26.8 Å². The fourth-order valence-electron chi connectivity index (χ4n) is 3.38. The molecule has 1 fully saturated rings. The third-order valence-electron chi connectivity index (χ3n) is 4.89. The number of nitrogens with zero attached hydrogens (tertiary/aromatic N) is 5. The Balaban J connectivity index is 1.33. The molecule has 3 aromatic rings. The molecule has 1 amide bonds. The largest absolute Gasteiger partial charge is 0.480 e. The first-order chi connectivity index (χ1) is 13.7. The number of aryl methyl sites for hydroxylation is 1. The molecule has 1 aliphatic heterocycles. The van der Waals surface area contributed by atoms with Crippen LogP contribution in [0.25, 0.3) is 5.65 Å². The quantitative estimate of drug-likeness (QED) is 0.650. The highest BCUT2D eigenvalue weighted by Crippen LogP contribution is 2.22. The number of morpholine rings is 1. The molecule has 0 bridgehead atoms. The molecule has 0 spiro atoms. The number of hydrogen-bond acceptors (Lipinski definition) is 6.